The molecule has 30 heavy (non-hydrogen) atoms. The topological polar surface area (TPSA) is 56.0 Å². The summed E-state index contributed by atoms with van der Waals surface area (Å²) in [7, 11) is 0. The van der Waals surface area contributed by atoms with Crippen molar-refractivity contribution in [3.8, 4) is 5.82 Å². The molecule has 0 saturated carbocycles. The van der Waals surface area contributed by atoms with E-state index in [4.69, 9.17) is 10.1 Å². The lowest BCUT2D eigenvalue weighted by atomic mass is 10.1. The molecule has 4 heterocycles. The maximum absolute atomic E-state index is 12.6. The first kappa shape index (κ1) is 18.6. The number of pyridine rings is 1. The van der Waals surface area contributed by atoms with E-state index in [-0.39, 0.29) is 5.91 Å². The highest BCUT2D eigenvalue weighted by molar-refractivity contribution is 5.94. The standard InChI is InChI=1S/C24H25N5O/c1-17-15-18(2)25-22-21(17)23(27-11-3-4-12-27)26-29(22)16-19-7-9-20(10-8-19)24(30)28-13-5-6-14-28/h3-4,7-12,15H,5-6,13-14,16H2,1-2H3. The van der Waals surface area contributed by atoms with E-state index < -0.39 is 0 Å². The van der Waals surface area contributed by atoms with Gasteiger partial charge in [-0.3, -0.25) is 4.79 Å². The monoisotopic (exact) mass is 399 g/mol. The number of carbonyl (C=O) groups excluding carboxylic acids is 1. The van der Waals surface area contributed by atoms with E-state index in [1.165, 1.54) is 5.56 Å². The van der Waals surface area contributed by atoms with Crippen molar-refractivity contribution in [2.45, 2.75) is 33.2 Å². The molecule has 1 amide bonds. The van der Waals surface area contributed by atoms with Crippen LogP contribution in [0.1, 0.15) is 40.0 Å². The van der Waals surface area contributed by atoms with Gasteiger partial charge in [0.2, 0.25) is 0 Å². The fourth-order valence-electron chi connectivity index (χ4n) is 4.29. The molecule has 3 aromatic heterocycles. The third kappa shape index (κ3) is 3.28. The first-order valence-corrected chi connectivity index (χ1v) is 10.5. The predicted molar refractivity (Wildman–Crippen MR) is 117 cm³/mol. The van der Waals surface area contributed by atoms with Gasteiger partial charge in [0.15, 0.2) is 11.5 Å². The minimum atomic E-state index is 0.131. The number of hydrogen-bond acceptors (Lipinski definition) is 3. The van der Waals surface area contributed by atoms with Gasteiger partial charge in [-0.2, -0.15) is 5.10 Å². The number of rotatable bonds is 4. The van der Waals surface area contributed by atoms with Gasteiger partial charge in [0.05, 0.1) is 11.9 Å². The maximum Gasteiger partial charge on any atom is 0.253 e. The number of likely N-dealkylation sites (tertiary alicyclic amines) is 1. The van der Waals surface area contributed by atoms with E-state index in [0.29, 0.717) is 6.54 Å². The van der Waals surface area contributed by atoms with Crippen molar-refractivity contribution in [1.29, 1.82) is 0 Å². The second-order valence-electron chi connectivity index (χ2n) is 8.05. The lowest BCUT2D eigenvalue weighted by molar-refractivity contribution is 0.0793. The molecular weight excluding hydrogens is 374 g/mol. The van der Waals surface area contributed by atoms with Crippen molar-refractivity contribution in [3.05, 3.63) is 77.2 Å². The first-order chi connectivity index (χ1) is 14.6. The van der Waals surface area contributed by atoms with E-state index >= 15 is 0 Å². The predicted octanol–water partition coefficient (Wildman–Crippen LogP) is 4.12. The van der Waals surface area contributed by atoms with Crippen LogP contribution in [0.2, 0.25) is 0 Å². The Balaban J connectivity index is 1.49. The van der Waals surface area contributed by atoms with Gasteiger partial charge in [0.1, 0.15) is 0 Å². The van der Waals surface area contributed by atoms with E-state index in [2.05, 4.69) is 13.0 Å². The molecule has 5 rings (SSSR count). The lowest BCUT2D eigenvalue weighted by Gasteiger charge is -2.15. The quantitative estimate of drug-likeness (QED) is 0.519. The van der Waals surface area contributed by atoms with Gasteiger partial charge >= 0.3 is 0 Å². The molecule has 1 saturated heterocycles. The Hall–Kier alpha value is -3.41. The number of amides is 1. The highest BCUT2D eigenvalue weighted by Crippen LogP contribution is 2.26. The summed E-state index contributed by atoms with van der Waals surface area (Å²) in [6.45, 7) is 6.46. The van der Waals surface area contributed by atoms with Crippen LogP contribution in [0.5, 0.6) is 0 Å². The normalized spacial score (nSPS) is 14.0. The van der Waals surface area contributed by atoms with Crippen LogP contribution in [0, 0.1) is 13.8 Å². The van der Waals surface area contributed by atoms with Gasteiger partial charge in [-0.25, -0.2) is 9.67 Å². The average molecular weight is 399 g/mol. The number of fused-ring (bicyclic) bond motifs is 1. The second kappa shape index (κ2) is 7.44. The second-order valence-corrected chi connectivity index (χ2v) is 8.05. The molecule has 0 bridgehead atoms. The summed E-state index contributed by atoms with van der Waals surface area (Å²) in [5, 5.41) is 5.96. The van der Waals surface area contributed by atoms with Crippen molar-refractivity contribution in [2.75, 3.05) is 13.1 Å². The maximum atomic E-state index is 12.6. The van der Waals surface area contributed by atoms with Gasteiger partial charge in [0.25, 0.3) is 5.91 Å². The SMILES string of the molecule is Cc1cc(C)c2c(-n3cccc3)nn(Cc3ccc(C(=O)N4CCCC4)cc3)c2n1. The number of carbonyl (C=O) groups is 1. The summed E-state index contributed by atoms with van der Waals surface area (Å²) < 4.78 is 3.99. The third-order valence-electron chi connectivity index (χ3n) is 5.78. The van der Waals surface area contributed by atoms with E-state index in [9.17, 15) is 4.79 Å². The van der Waals surface area contributed by atoms with Crippen LogP contribution >= 0.6 is 0 Å². The third-order valence-corrected chi connectivity index (χ3v) is 5.78. The summed E-state index contributed by atoms with van der Waals surface area (Å²) in [5.74, 6) is 1.02. The molecule has 1 aliphatic heterocycles. The van der Waals surface area contributed by atoms with Crippen molar-refractivity contribution in [1.82, 2.24) is 24.2 Å². The Morgan fingerprint density at radius 2 is 1.73 bits per heavy atom. The highest BCUT2D eigenvalue weighted by atomic mass is 16.2. The Labute approximate surface area is 175 Å². The van der Waals surface area contributed by atoms with Crippen molar-refractivity contribution in [2.24, 2.45) is 0 Å². The molecule has 6 nitrogen and oxygen atoms in total. The summed E-state index contributed by atoms with van der Waals surface area (Å²) >= 11 is 0. The number of aromatic nitrogens is 4. The zero-order valence-corrected chi connectivity index (χ0v) is 17.4. The van der Waals surface area contributed by atoms with Crippen LogP contribution in [0.25, 0.3) is 16.9 Å². The molecule has 0 atom stereocenters. The summed E-state index contributed by atoms with van der Waals surface area (Å²) in [6.07, 6.45) is 6.21. The van der Waals surface area contributed by atoms with Crippen LogP contribution in [0.15, 0.2) is 54.9 Å². The first-order valence-electron chi connectivity index (χ1n) is 10.5. The summed E-state index contributed by atoms with van der Waals surface area (Å²) in [4.78, 5) is 19.3. The van der Waals surface area contributed by atoms with Crippen molar-refractivity contribution in [3.63, 3.8) is 0 Å². The number of aryl methyl sites for hydroxylation is 2. The molecule has 0 radical (unpaired) electrons. The fourth-order valence-corrected chi connectivity index (χ4v) is 4.29. The van der Waals surface area contributed by atoms with Crippen LogP contribution in [-0.4, -0.2) is 43.2 Å². The van der Waals surface area contributed by atoms with E-state index in [1.807, 2.05) is 69.9 Å². The van der Waals surface area contributed by atoms with Gasteiger partial charge in [-0.05, 0) is 68.1 Å². The molecule has 0 spiro atoms. The molecular formula is C24H25N5O. The number of hydrogen-bond donors (Lipinski definition) is 0. The highest BCUT2D eigenvalue weighted by Gasteiger charge is 2.20. The Kier molecular flexibility index (Phi) is 4.62. The minimum Gasteiger partial charge on any atom is -0.339 e. The van der Waals surface area contributed by atoms with Crippen molar-refractivity contribution >= 4 is 16.9 Å². The zero-order valence-electron chi connectivity index (χ0n) is 17.4. The molecule has 1 aliphatic rings. The smallest absolute Gasteiger partial charge is 0.253 e. The van der Waals surface area contributed by atoms with E-state index in [1.54, 1.807) is 0 Å². The van der Waals surface area contributed by atoms with Crippen LogP contribution < -0.4 is 0 Å². The fraction of sp³-hybridized carbons (Fsp3) is 0.292. The van der Waals surface area contributed by atoms with Crippen LogP contribution in [0.3, 0.4) is 0 Å². The Morgan fingerprint density at radius 1 is 1.03 bits per heavy atom. The molecule has 6 heteroatoms. The van der Waals surface area contributed by atoms with Crippen LogP contribution in [0.4, 0.5) is 0 Å². The van der Waals surface area contributed by atoms with Gasteiger partial charge in [-0.15, -0.1) is 0 Å². The molecule has 0 unspecified atom stereocenters. The average Bonchev–Trinajstić information content (AvgIpc) is 3.50. The lowest BCUT2D eigenvalue weighted by Crippen LogP contribution is -2.27. The van der Waals surface area contributed by atoms with E-state index in [0.717, 1.165) is 59.6 Å². The van der Waals surface area contributed by atoms with Crippen molar-refractivity contribution < 1.29 is 4.79 Å². The molecule has 1 fully saturated rings. The van der Waals surface area contributed by atoms with Gasteiger partial charge in [0, 0.05) is 36.7 Å². The largest absolute Gasteiger partial charge is 0.339 e. The molecule has 0 N–H and O–H groups in total. The molecule has 0 aliphatic carbocycles. The number of benzene rings is 1. The number of nitrogens with zero attached hydrogens (tertiary/aromatic N) is 5. The summed E-state index contributed by atoms with van der Waals surface area (Å²) in [5.41, 5.74) is 4.88. The van der Waals surface area contributed by atoms with Gasteiger partial charge < -0.3 is 9.47 Å². The Morgan fingerprint density at radius 3 is 2.43 bits per heavy atom. The van der Waals surface area contributed by atoms with Crippen LogP contribution in [-0.2, 0) is 6.54 Å². The Bertz CT molecular complexity index is 1200. The zero-order chi connectivity index (χ0) is 20.7. The van der Waals surface area contributed by atoms with Gasteiger partial charge in [-0.1, -0.05) is 12.1 Å². The molecule has 1 aromatic carbocycles. The molecule has 152 valence electrons. The minimum absolute atomic E-state index is 0.131. The summed E-state index contributed by atoms with van der Waals surface area (Å²) in [6, 6.07) is 14.0. The molecule has 4 aromatic rings.